The highest BCUT2D eigenvalue weighted by atomic mass is 16.5. The highest BCUT2D eigenvalue weighted by Gasteiger charge is 2.26. The third-order valence-electron chi connectivity index (χ3n) is 5.56. The fourth-order valence-corrected chi connectivity index (χ4v) is 3.78. The molecule has 8 nitrogen and oxygen atoms in total. The minimum Gasteiger partial charge on any atom is -0.495 e. The van der Waals surface area contributed by atoms with Gasteiger partial charge < -0.3 is 14.8 Å². The van der Waals surface area contributed by atoms with Crippen LogP contribution in [0.15, 0.2) is 77.9 Å². The lowest BCUT2D eigenvalue weighted by molar-refractivity contribution is -0.155. The maximum Gasteiger partial charge on any atom is 0.327 e. The van der Waals surface area contributed by atoms with Crippen molar-refractivity contribution in [2.75, 3.05) is 12.4 Å². The van der Waals surface area contributed by atoms with Gasteiger partial charge in [-0.05, 0) is 43.2 Å². The number of nitrogens with zero attached hydrogens (tertiary/aromatic N) is 2. The van der Waals surface area contributed by atoms with Crippen molar-refractivity contribution < 1.29 is 19.1 Å². The Morgan fingerprint density at radius 2 is 1.80 bits per heavy atom. The van der Waals surface area contributed by atoms with Gasteiger partial charge in [-0.15, -0.1) is 0 Å². The number of hydrogen-bond acceptors (Lipinski definition) is 6. The summed E-state index contributed by atoms with van der Waals surface area (Å²) in [6.45, 7) is 3.36. The molecule has 0 saturated heterocycles. The predicted molar refractivity (Wildman–Crippen MR) is 132 cm³/mol. The van der Waals surface area contributed by atoms with Gasteiger partial charge in [0.15, 0.2) is 0 Å². The topological polar surface area (TPSA) is 99.5 Å². The molecule has 0 spiro atoms. The van der Waals surface area contributed by atoms with Gasteiger partial charge in [-0.25, -0.2) is 4.98 Å². The molecule has 1 unspecified atom stereocenters. The van der Waals surface area contributed by atoms with Crippen LogP contribution in [0.2, 0.25) is 0 Å². The number of fused-ring (bicyclic) bond motifs is 1. The van der Waals surface area contributed by atoms with E-state index >= 15 is 0 Å². The van der Waals surface area contributed by atoms with Crippen molar-refractivity contribution in [2.24, 2.45) is 0 Å². The number of benzene rings is 3. The van der Waals surface area contributed by atoms with Crippen molar-refractivity contribution in [3.63, 3.8) is 0 Å². The molecule has 1 atom stereocenters. The molecule has 1 heterocycles. The summed E-state index contributed by atoms with van der Waals surface area (Å²) in [5.41, 5.74) is 2.95. The second-order valence-electron chi connectivity index (χ2n) is 8.12. The van der Waals surface area contributed by atoms with E-state index in [1.807, 2.05) is 26.0 Å². The zero-order valence-corrected chi connectivity index (χ0v) is 19.6. The summed E-state index contributed by atoms with van der Waals surface area (Å²) in [7, 11) is 1.51. The summed E-state index contributed by atoms with van der Waals surface area (Å²) in [5.74, 6) is -0.819. The third-order valence-corrected chi connectivity index (χ3v) is 5.56. The molecule has 4 rings (SSSR count). The molecule has 4 aromatic rings. The Balaban J connectivity index is 1.59. The first-order chi connectivity index (χ1) is 16.9. The van der Waals surface area contributed by atoms with Gasteiger partial charge in [-0.1, -0.05) is 48.5 Å². The van der Waals surface area contributed by atoms with E-state index < -0.39 is 18.0 Å². The molecular formula is C27H25N3O5. The van der Waals surface area contributed by atoms with Crippen molar-refractivity contribution in [1.29, 1.82) is 0 Å². The van der Waals surface area contributed by atoms with E-state index in [2.05, 4.69) is 10.3 Å². The number of carbonyl (C=O) groups is 2. The number of anilines is 1. The minimum atomic E-state index is -1.24. The number of ether oxygens (including phenoxy) is 2. The smallest absolute Gasteiger partial charge is 0.327 e. The molecule has 0 fully saturated rings. The van der Waals surface area contributed by atoms with Crippen molar-refractivity contribution in [3.8, 4) is 5.75 Å². The fourth-order valence-electron chi connectivity index (χ4n) is 3.78. The molecular weight excluding hydrogens is 446 g/mol. The summed E-state index contributed by atoms with van der Waals surface area (Å²) < 4.78 is 12.1. The number of aromatic nitrogens is 2. The number of nitrogens with one attached hydrogen (secondary N) is 1. The Bertz CT molecular complexity index is 1450. The van der Waals surface area contributed by atoms with Crippen LogP contribution in [0, 0.1) is 13.8 Å². The van der Waals surface area contributed by atoms with E-state index in [-0.39, 0.29) is 12.1 Å². The van der Waals surface area contributed by atoms with Crippen LogP contribution in [0.5, 0.6) is 5.75 Å². The van der Waals surface area contributed by atoms with E-state index in [1.54, 1.807) is 54.6 Å². The molecule has 0 bridgehead atoms. The van der Waals surface area contributed by atoms with Crippen LogP contribution in [0.3, 0.4) is 0 Å². The summed E-state index contributed by atoms with van der Waals surface area (Å²) >= 11 is 0. The van der Waals surface area contributed by atoms with Crippen LogP contribution < -0.4 is 15.6 Å². The number of aryl methyl sites for hydroxylation is 2. The van der Waals surface area contributed by atoms with Gasteiger partial charge in [0.25, 0.3) is 11.5 Å². The third kappa shape index (κ3) is 5.22. The molecule has 178 valence electrons. The number of carbonyl (C=O) groups excluding carboxylic acids is 2. The van der Waals surface area contributed by atoms with E-state index in [4.69, 9.17) is 9.47 Å². The molecule has 3 aromatic carbocycles. The second-order valence-corrected chi connectivity index (χ2v) is 8.12. The monoisotopic (exact) mass is 471 g/mol. The van der Waals surface area contributed by atoms with E-state index in [1.165, 1.54) is 18.0 Å². The molecule has 1 aromatic heterocycles. The average Bonchev–Trinajstić information content (AvgIpc) is 2.85. The predicted octanol–water partition coefficient (Wildman–Crippen LogP) is 3.95. The van der Waals surface area contributed by atoms with Crippen LogP contribution in [0.25, 0.3) is 10.9 Å². The van der Waals surface area contributed by atoms with E-state index in [0.717, 1.165) is 11.1 Å². The summed E-state index contributed by atoms with van der Waals surface area (Å²) in [6.07, 6.45) is 0.0778. The van der Waals surface area contributed by atoms with Gasteiger partial charge in [-0.3, -0.25) is 19.0 Å². The van der Waals surface area contributed by atoms with E-state index in [9.17, 15) is 14.4 Å². The Morgan fingerprint density at radius 1 is 1.03 bits per heavy atom. The number of amides is 1. The number of rotatable bonds is 7. The lowest BCUT2D eigenvalue weighted by Gasteiger charge is -2.19. The average molecular weight is 472 g/mol. The minimum absolute atomic E-state index is 0.360. The van der Waals surface area contributed by atoms with Crippen molar-refractivity contribution in [1.82, 2.24) is 9.55 Å². The Morgan fingerprint density at radius 3 is 2.54 bits per heavy atom. The highest BCUT2D eigenvalue weighted by Crippen LogP contribution is 2.28. The van der Waals surface area contributed by atoms with Gasteiger partial charge in [0, 0.05) is 5.56 Å². The van der Waals surface area contributed by atoms with Gasteiger partial charge in [0.1, 0.15) is 12.3 Å². The molecule has 0 saturated carbocycles. The molecule has 0 radical (unpaired) electrons. The maximum absolute atomic E-state index is 13.2. The van der Waals surface area contributed by atoms with Crippen LogP contribution in [-0.2, 0) is 20.9 Å². The Kier molecular flexibility index (Phi) is 6.91. The van der Waals surface area contributed by atoms with Gasteiger partial charge in [-0.2, -0.15) is 0 Å². The quantitative estimate of drug-likeness (QED) is 0.410. The summed E-state index contributed by atoms with van der Waals surface area (Å²) in [5, 5.41) is 3.20. The second kappa shape index (κ2) is 10.2. The number of methoxy groups -OCH3 is 1. The molecule has 1 amide bonds. The molecule has 1 N–H and O–H groups in total. The molecule has 0 aliphatic rings. The molecule has 35 heavy (non-hydrogen) atoms. The SMILES string of the molecule is COc1ccc(C)cc1NC(=O)C(OC(=O)Cn1cnc2c(C)cccc2c1=O)c1ccccc1. The van der Waals surface area contributed by atoms with Crippen LogP contribution in [-0.4, -0.2) is 28.5 Å². The van der Waals surface area contributed by atoms with Gasteiger partial charge in [0.05, 0.1) is 30.0 Å². The summed E-state index contributed by atoms with van der Waals surface area (Å²) in [6, 6.07) is 19.3. The first kappa shape index (κ1) is 23.7. The van der Waals surface area contributed by atoms with Crippen LogP contribution >= 0.6 is 0 Å². The van der Waals surface area contributed by atoms with Crippen molar-refractivity contribution in [2.45, 2.75) is 26.5 Å². The normalized spacial score (nSPS) is 11.6. The van der Waals surface area contributed by atoms with Gasteiger partial charge in [0.2, 0.25) is 6.10 Å². The van der Waals surface area contributed by atoms with E-state index in [0.29, 0.717) is 27.9 Å². The van der Waals surface area contributed by atoms with Crippen molar-refractivity contribution in [3.05, 3.63) is 100 Å². The lowest BCUT2D eigenvalue weighted by Crippen LogP contribution is -2.30. The largest absolute Gasteiger partial charge is 0.495 e. The first-order valence-electron chi connectivity index (χ1n) is 11.0. The molecule has 0 aliphatic heterocycles. The number of hydrogen-bond donors (Lipinski definition) is 1. The van der Waals surface area contributed by atoms with Gasteiger partial charge >= 0.3 is 5.97 Å². The fraction of sp³-hybridized carbons (Fsp3) is 0.185. The Labute approximate surface area is 202 Å². The van der Waals surface area contributed by atoms with Crippen molar-refractivity contribution >= 4 is 28.5 Å². The summed E-state index contributed by atoms with van der Waals surface area (Å²) in [4.78, 5) is 43.3. The highest BCUT2D eigenvalue weighted by molar-refractivity contribution is 5.97. The maximum atomic E-state index is 13.2. The number of para-hydroxylation sites is 1. The lowest BCUT2D eigenvalue weighted by atomic mass is 10.1. The first-order valence-corrected chi connectivity index (χ1v) is 11.0. The van der Waals surface area contributed by atoms with Crippen LogP contribution in [0.1, 0.15) is 22.8 Å². The molecule has 8 heteroatoms. The zero-order valence-electron chi connectivity index (χ0n) is 19.6. The van der Waals surface area contributed by atoms with Crippen LogP contribution in [0.4, 0.5) is 5.69 Å². The standard InChI is InChI=1S/C27H25N3O5/c1-17-12-13-22(34-3)21(14-17)29-26(32)25(19-9-5-4-6-10-19)35-23(31)15-30-16-28-24-18(2)8-7-11-20(24)27(30)33/h4-14,16,25H,15H2,1-3H3,(H,29,32). The zero-order chi connectivity index (χ0) is 24.9. The number of esters is 1. The Hall–Kier alpha value is -4.46. The molecule has 0 aliphatic carbocycles.